The highest BCUT2D eigenvalue weighted by molar-refractivity contribution is 5.24. The van der Waals surface area contributed by atoms with Crippen LogP contribution in [0.1, 0.15) is 25.3 Å². The van der Waals surface area contributed by atoms with Gasteiger partial charge in [0.25, 0.3) is 0 Å². The molecule has 0 saturated carbocycles. The first-order valence-electron chi connectivity index (χ1n) is 6.23. The van der Waals surface area contributed by atoms with Gasteiger partial charge in [-0.05, 0) is 18.9 Å². The maximum Gasteiger partial charge on any atom is 0.0990 e. The molecule has 2 unspecified atom stereocenters. The fourth-order valence-corrected chi connectivity index (χ4v) is 2.33. The highest BCUT2D eigenvalue weighted by atomic mass is 16.6. The Morgan fingerprint density at radius 3 is 2.71 bits per heavy atom. The molecule has 2 heteroatoms. The van der Waals surface area contributed by atoms with Gasteiger partial charge in [0, 0.05) is 13.0 Å². The van der Waals surface area contributed by atoms with Crippen LogP contribution < -0.4 is 0 Å². The van der Waals surface area contributed by atoms with E-state index in [1.165, 1.54) is 5.56 Å². The third-order valence-corrected chi connectivity index (χ3v) is 3.15. The van der Waals surface area contributed by atoms with E-state index in [1.54, 1.807) is 0 Å². The minimum absolute atomic E-state index is 0.265. The molecule has 92 valence electrons. The van der Waals surface area contributed by atoms with Crippen molar-refractivity contribution in [2.24, 2.45) is 0 Å². The van der Waals surface area contributed by atoms with E-state index in [0.29, 0.717) is 12.7 Å². The summed E-state index contributed by atoms with van der Waals surface area (Å²) in [5, 5.41) is 0. The van der Waals surface area contributed by atoms with E-state index in [4.69, 9.17) is 9.47 Å². The average Bonchev–Trinajstić information content (AvgIpc) is 3.15. The first kappa shape index (κ1) is 12.3. The zero-order valence-corrected chi connectivity index (χ0v) is 10.4. The Balaban J connectivity index is 2.27. The molecular weight excluding hydrogens is 212 g/mol. The number of benzene rings is 1. The number of rotatable bonds is 7. The molecule has 1 aliphatic heterocycles. The monoisotopic (exact) mass is 232 g/mol. The van der Waals surface area contributed by atoms with Crippen molar-refractivity contribution < 1.29 is 9.47 Å². The lowest BCUT2D eigenvalue weighted by Gasteiger charge is -2.33. The van der Waals surface area contributed by atoms with Gasteiger partial charge in [-0.25, -0.2) is 0 Å². The maximum atomic E-state index is 6.06. The molecule has 1 aliphatic rings. The van der Waals surface area contributed by atoms with Gasteiger partial charge in [0.1, 0.15) is 0 Å². The summed E-state index contributed by atoms with van der Waals surface area (Å²) in [6.07, 6.45) is 4.02. The summed E-state index contributed by atoms with van der Waals surface area (Å²) in [6.45, 7) is 7.46. The van der Waals surface area contributed by atoms with E-state index in [2.05, 4.69) is 30.8 Å². The van der Waals surface area contributed by atoms with Crippen molar-refractivity contribution >= 4 is 0 Å². The Morgan fingerprint density at radius 1 is 1.47 bits per heavy atom. The zero-order valence-electron chi connectivity index (χ0n) is 10.4. The molecule has 0 radical (unpaired) electrons. The molecule has 0 aromatic heterocycles. The Morgan fingerprint density at radius 2 is 2.18 bits per heavy atom. The van der Waals surface area contributed by atoms with Crippen LogP contribution in [0.15, 0.2) is 43.0 Å². The highest BCUT2D eigenvalue weighted by Crippen LogP contribution is 2.38. The van der Waals surface area contributed by atoms with E-state index in [0.717, 1.165) is 19.4 Å². The number of epoxide rings is 1. The molecule has 0 amide bonds. The van der Waals surface area contributed by atoms with Crippen LogP contribution in [0.3, 0.4) is 0 Å². The number of ether oxygens (including phenoxy) is 2. The largest absolute Gasteiger partial charge is 0.373 e. The minimum atomic E-state index is -0.265. The van der Waals surface area contributed by atoms with E-state index < -0.39 is 0 Å². The highest BCUT2D eigenvalue weighted by Gasteiger charge is 2.39. The normalized spacial score (nSPS) is 21.8. The molecule has 1 fully saturated rings. The lowest BCUT2D eigenvalue weighted by Crippen LogP contribution is -2.31. The summed E-state index contributed by atoms with van der Waals surface area (Å²) < 4.78 is 11.4. The predicted molar refractivity (Wildman–Crippen MR) is 68.9 cm³/mol. The van der Waals surface area contributed by atoms with Crippen molar-refractivity contribution in [1.29, 1.82) is 0 Å². The summed E-state index contributed by atoms with van der Waals surface area (Å²) in [5.74, 6) is 0. The topological polar surface area (TPSA) is 21.8 Å². The fraction of sp³-hybridized carbons (Fsp3) is 0.467. The predicted octanol–water partition coefficient (Wildman–Crippen LogP) is 3.28. The van der Waals surface area contributed by atoms with Crippen LogP contribution in [0.2, 0.25) is 0 Å². The third-order valence-electron chi connectivity index (χ3n) is 3.15. The Labute approximate surface area is 103 Å². The lowest BCUT2D eigenvalue weighted by molar-refractivity contribution is -0.0531. The Bertz CT molecular complexity index is 356. The Hall–Kier alpha value is -1.12. The van der Waals surface area contributed by atoms with Crippen LogP contribution in [0, 0.1) is 0 Å². The first-order chi connectivity index (χ1) is 8.30. The molecule has 2 atom stereocenters. The van der Waals surface area contributed by atoms with Crippen LogP contribution in [-0.4, -0.2) is 19.3 Å². The minimum Gasteiger partial charge on any atom is -0.373 e. The van der Waals surface area contributed by atoms with E-state index in [1.807, 2.05) is 19.1 Å². The summed E-state index contributed by atoms with van der Waals surface area (Å²) in [6, 6.07) is 10.4. The molecule has 0 spiro atoms. The van der Waals surface area contributed by atoms with Crippen molar-refractivity contribution in [2.75, 3.05) is 13.2 Å². The fourth-order valence-electron chi connectivity index (χ4n) is 2.33. The molecule has 2 nitrogen and oxygen atoms in total. The van der Waals surface area contributed by atoms with E-state index in [9.17, 15) is 0 Å². The summed E-state index contributed by atoms with van der Waals surface area (Å²) >= 11 is 0. The van der Waals surface area contributed by atoms with Crippen LogP contribution in [0.4, 0.5) is 0 Å². The molecule has 2 rings (SSSR count). The smallest absolute Gasteiger partial charge is 0.0990 e. The molecule has 0 aliphatic carbocycles. The van der Waals surface area contributed by atoms with Gasteiger partial charge in [-0.15, -0.1) is 6.58 Å². The zero-order chi connectivity index (χ0) is 12.1. The van der Waals surface area contributed by atoms with Gasteiger partial charge < -0.3 is 9.47 Å². The molecule has 1 aromatic rings. The van der Waals surface area contributed by atoms with Crippen molar-refractivity contribution in [2.45, 2.75) is 31.5 Å². The number of hydrogen-bond acceptors (Lipinski definition) is 2. The molecule has 0 N–H and O–H groups in total. The van der Waals surface area contributed by atoms with Gasteiger partial charge in [-0.2, -0.15) is 0 Å². The van der Waals surface area contributed by atoms with Gasteiger partial charge in [-0.1, -0.05) is 36.4 Å². The van der Waals surface area contributed by atoms with Gasteiger partial charge in [0.15, 0.2) is 0 Å². The SMILES string of the molecule is C=CCC(CC1CO1)(OCC)c1ccccc1. The molecule has 1 heterocycles. The van der Waals surface area contributed by atoms with E-state index >= 15 is 0 Å². The molecular formula is C15H20O2. The van der Waals surface area contributed by atoms with Crippen LogP contribution in [0.5, 0.6) is 0 Å². The van der Waals surface area contributed by atoms with Gasteiger partial charge in [0.2, 0.25) is 0 Å². The first-order valence-corrected chi connectivity index (χ1v) is 6.23. The van der Waals surface area contributed by atoms with Crippen LogP contribution in [0.25, 0.3) is 0 Å². The second-order valence-electron chi connectivity index (χ2n) is 4.45. The molecule has 1 aromatic carbocycles. The Kier molecular flexibility index (Phi) is 3.97. The van der Waals surface area contributed by atoms with Crippen LogP contribution >= 0.6 is 0 Å². The standard InChI is InChI=1S/C15H20O2/c1-3-10-15(17-4-2,11-14-12-16-14)13-8-6-5-7-9-13/h3,5-9,14H,1,4,10-12H2,2H3. The van der Waals surface area contributed by atoms with Crippen molar-refractivity contribution in [3.8, 4) is 0 Å². The lowest BCUT2D eigenvalue weighted by atomic mass is 9.85. The van der Waals surface area contributed by atoms with Gasteiger partial charge in [0.05, 0.1) is 18.3 Å². The summed E-state index contributed by atoms with van der Waals surface area (Å²) in [7, 11) is 0. The van der Waals surface area contributed by atoms with Crippen LogP contribution in [-0.2, 0) is 15.1 Å². The van der Waals surface area contributed by atoms with Crippen molar-refractivity contribution in [1.82, 2.24) is 0 Å². The van der Waals surface area contributed by atoms with Gasteiger partial charge >= 0.3 is 0 Å². The van der Waals surface area contributed by atoms with Crippen molar-refractivity contribution in [3.05, 3.63) is 48.6 Å². The molecule has 1 saturated heterocycles. The third kappa shape index (κ3) is 2.96. The summed E-state index contributed by atoms with van der Waals surface area (Å²) in [5.41, 5.74) is 0.955. The van der Waals surface area contributed by atoms with Crippen molar-refractivity contribution in [3.63, 3.8) is 0 Å². The van der Waals surface area contributed by atoms with E-state index in [-0.39, 0.29) is 5.60 Å². The molecule has 17 heavy (non-hydrogen) atoms. The van der Waals surface area contributed by atoms with Gasteiger partial charge in [-0.3, -0.25) is 0 Å². The second kappa shape index (κ2) is 5.48. The second-order valence-corrected chi connectivity index (χ2v) is 4.45. The maximum absolute atomic E-state index is 6.06. The quantitative estimate of drug-likeness (QED) is 0.531. The molecule has 0 bridgehead atoms. The number of hydrogen-bond donors (Lipinski definition) is 0. The summed E-state index contributed by atoms with van der Waals surface area (Å²) in [4.78, 5) is 0. The average molecular weight is 232 g/mol.